The second kappa shape index (κ2) is 10.5. The molecule has 0 saturated heterocycles. The molecule has 1 aromatic rings. The van der Waals surface area contributed by atoms with E-state index in [1.807, 2.05) is 45.9 Å². The number of hydrogen-bond acceptors (Lipinski definition) is 4. The molecule has 0 aliphatic carbocycles. The van der Waals surface area contributed by atoms with Crippen LogP contribution in [-0.4, -0.2) is 32.3 Å². The number of hydrogen-bond donors (Lipinski definition) is 2. The van der Waals surface area contributed by atoms with E-state index in [1.165, 1.54) is 0 Å². The summed E-state index contributed by atoms with van der Waals surface area (Å²) in [6.45, 7) is 9.52. The molecule has 0 unspecified atom stereocenters. The van der Waals surface area contributed by atoms with E-state index < -0.39 is 6.04 Å². The number of carbonyl (C=O) groups excluding carboxylic acids is 1. The highest BCUT2D eigenvalue weighted by Crippen LogP contribution is 2.21. The first-order valence-electron chi connectivity index (χ1n) is 8.00. The predicted molar refractivity (Wildman–Crippen MR) is 99.7 cm³/mol. The highest BCUT2D eigenvalue weighted by molar-refractivity contribution is 5.85. The zero-order chi connectivity index (χ0) is 17.5. The van der Waals surface area contributed by atoms with E-state index in [0.717, 1.165) is 23.3 Å². The van der Waals surface area contributed by atoms with Crippen LogP contribution < -0.4 is 15.8 Å². The minimum Gasteiger partial charge on any atom is -0.493 e. The first-order valence-corrected chi connectivity index (χ1v) is 8.00. The van der Waals surface area contributed by atoms with Crippen molar-refractivity contribution >= 4 is 18.3 Å². The first-order chi connectivity index (χ1) is 10.8. The van der Waals surface area contributed by atoms with E-state index in [1.54, 1.807) is 7.11 Å². The maximum Gasteiger partial charge on any atom is 0.237 e. The van der Waals surface area contributed by atoms with Gasteiger partial charge in [-0.1, -0.05) is 32.9 Å². The Bertz CT molecular complexity index is 515. The molecule has 3 N–H and O–H groups in total. The normalized spacial score (nSPS) is 12.2. The van der Waals surface area contributed by atoms with E-state index in [9.17, 15) is 4.79 Å². The Morgan fingerprint density at radius 2 is 1.96 bits per heavy atom. The summed E-state index contributed by atoms with van der Waals surface area (Å²) in [7, 11) is 1.67. The van der Waals surface area contributed by atoms with Gasteiger partial charge < -0.3 is 20.5 Å². The highest BCUT2D eigenvalue weighted by Gasteiger charge is 2.27. The van der Waals surface area contributed by atoms with Crippen molar-refractivity contribution in [3.8, 4) is 5.75 Å². The lowest BCUT2D eigenvalue weighted by Gasteiger charge is -2.26. The van der Waals surface area contributed by atoms with Crippen molar-refractivity contribution in [1.82, 2.24) is 5.32 Å². The van der Waals surface area contributed by atoms with Gasteiger partial charge >= 0.3 is 0 Å². The largest absolute Gasteiger partial charge is 0.493 e. The summed E-state index contributed by atoms with van der Waals surface area (Å²) in [5.41, 5.74) is 7.78. The van der Waals surface area contributed by atoms with Gasteiger partial charge in [0.05, 0.1) is 12.6 Å². The fourth-order valence-corrected chi connectivity index (χ4v) is 2.01. The topological polar surface area (TPSA) is 73.6 Å². The van der Waals surface area contributed by atoms with Crippen molar-refractivity contribution in [2.75, 3.05) is 20.3 Å². The van der Waals surface area contributed by atoms with Gasteiger partial charge in [-0.15, -0.1) is 12.4 Å². The van der Waals surface area contributed by atoms with Crippen molar-refractivity contribution in [3.05, 3.63) is 29.3 Å². The van der Waals surface area contributed by atoms with Crippen LogP contribution in [0.4, 0.5) is 0 Å². The third-order valence-corrected chi connectivity index (χ3v) is 3.64. The van der Waals surface area contributed by atoms with Gasteiger partial charge in [0.1, 0.15) is 5.75 Å². The van der Waals surface area contributed by atoms with Gasteiger partial charge in [-0.2, -0.15) is 0 Å². The number of amides is 1. The Labute approximate surface area is 151 Å². The Kier molecular flexibility index (Phi) is 9.97. The molecule has 138 valence electrons. The number of nitrogens with two attached hydrogens (primary N) is 1. The molecular weight excluding hydrogens is 328 g/mol. The number of carbonyl (C=O) groups is 1. The molecule has 0 spiro atoms. The van der Waals surface area contributed by atoms with Crippen molar-refractivity contribution in [2.24, 2.45) is 11.1 Å². The molecule has 1 atom stereocenters. The maximum atomic E-state index is 12.1. The average Bonchev–Trinajstić information content (AvgIpc) is 2.48. The lowest BCUT2D eigenvalue weighted by Crippen LogP contribution is -2.48. The van der Waals surface area contributed by atoms with Crippen LogP contribution in [0.5, 0.6) is 5.75 Å². The number of benzene rings is 1. The summed E-state index contributed by atoms with van der Waals surface area (Å²) in [5.74, 6) is 0.647. The van der Waals surface area contributed by atoms with E-state index in [-0.39, 0.29) is 23.7 Å². The van der Waals surface area contributed by atoms with Crippen molar-refractivity contribution in [1.29, 1.82) is 0 Å². The third-order valence-electron chi connectivity index (χ3n) is 3.64. The summed E-state index contributed by atoms with van der Waals surface area (Å²) in [4.78, 5) is 12.1. The molecule has 0 heterocycles. The average molecular weight is 359 g/mol. The van der Waals surface area contributed by atoms with Gasteiger partial charge in [0.25, 0.3) is 0 Å². The second-order valence-electron chi connectivity index (χ2n) is 6.87. The van der Waals surface area contributed by atoms with Crippen LogP contribution in [0, 0.1) is 12.3 Å². The van der Waals surface area contributed by atoms with E-state index >= 15 is 0 Å². The molecule has 1 aromatic carbocycles. The Morgan fingerprint density at radius 1 is 1.29 bits per heavy atom. The lowest BCUT2D eigenvalue weighted by molar-refractivity contribution is -0.124. The van der Waals surface area contributed by atoms with Gasteiger partial charge in [-0.05, 0) is 24.0 Å². The monoisotopic (exact) mass is 358 g/mol. The number of rotatable bonds is 8. The van der Waals surface area contributed by atoms with Gasteiger partial charge in [0.15, 0.2) is 0 Å². The molecule has 1 rings (SSSR count). The van der Waals surface area contributed by atoms with E-state index in [0.29, 0.717) is 19.8 Å². The molecule has 5 nitrogen and oxygen atoms in total. The molecule has 0 aliphatic rings. The minimum atomic E-state index is -0.543. The molecule has 6 heteroatoms. The van der Waals surface area contributed by atoms with Gasteiger partial charge in [0, 0.05) is 32.2 Å². The molecule has 0 aromatic heterocycles. The SMILES string of the molecule is COCCCOc1cc(C)ccc1CNC(=O)[C@@H](N)C(C)(C)C.Cl. The number of ether oxygens (including phenoxy) is 2. The Morgan fingerprint density at radius 3 is 2.54 bits per heavy atom. The van der Waals surface area contributed by atoms with Crippen molar-refractivity contribution in [3.63, 3.8) is 0 Å². The first kappa shape index (κ1) is 22.7. The zero-order valence-corrected chi connectivity index (χ0v) is 16.2. The van der Waals surface area contributed by atoms with Crippen LogP contribution in [-0.2, 0) is 16.1 Å². The van der Waals surface area contributed by atoms with Gasteiger partial charge in [-0.3, -0.25) is 4.79 Å². The standard InChI is InChI=1S/C18H30N2O3.ClH/c1-13-7-8-14(15(11-13)23-10-6-9-22-5)12-20-17(21)16(19)18(2,3)4;/h7-8,11,16H,6,9-10,12,19H2,1-5H3,(H,20,21);1H/t16-;/m1./s1. The maximum absolute atomic E-state index is 12.1. The summed E-state index contributed by atoms with van der Waals surface area (Å²) >= 11 is 0. The van der Waals surface area contributed by atoms with Crippen molar-refractivity contribution in [2.45, 2.75) is 46.7 Å². The van der Waals surface area contributed by atoms with Crippen LogP contribution in [0.3, 0.4) is 0 Å². The zero-order valence-electron chi connectivity index (χ0n) is 15.3. The fraction of sp³-hybridized carbons (Fsp3) is 0.611. The van der Waals surface area contributed by atoms with Gasteiger partial charge in [-0.25, -0.2) is 0 Å². The Hall–Kier alpha value is -1.30. The molecular formula is C18H31ClN2O3. The molecule has 0 fully saturated rings. The summed E-state index contributed by atoms with van der Waals surface area (Å²) in [5, 5.41) is 2.90. The Balaban J connectivity index is 0.00000529. The summed E-state index contributed by atoms with van der Waals surface area (Å²) in [6.07, 6.45) is 0.825. The number of nitrogens with one attached hydrogen (secondary N) is 1. The summed E-state index contributed by atoms with van der Waals surface area (Å²) < 4.78 is 10.8. The minimum absolute atomic E-state index is 0. The molecule has 0 saturated carbocycles. The van der Waals surface area contributed by atoms with Gasteiger partial charge in [0.2, 0.25) is 5.91 Å². The molecule has 24 heavy (non-hydrogen) atoms. The third kappa shape index (κ3) is 7.51. The van der Waals surface area contributed by atoms with Crippen LogP contribution in [0.2, 0.25) is 0 Å². The molecule has 0 radical (unpaired) electrons. The molecule has 0 bridgehead atoms. The highest BCUT2D eigenvalue weighted by atomic mass is 35.5. The number of halogens is 1. The quantitative estimate of drug-likeness (QED) is 0.701. The fourth-order valence-electron chi connectivity index (χ4n) is 2.01. The van der Waals surface area contributed by atoms with Crippen LogP contribution >= 0.6 is 12.4 Å². The lowest BCUT2D eigenvalue weighted by atomic mass is 9.87. The van der Waals surface area contributed by atoms with Crippen LogP contribution in [0.1, 0.15) is 38.3 Å². The number of methoxy groups -OCH3 is 1. The smallest absolute Gasteiger partial charge is 0.237 e. The van der Waals surface area contributed by atoms with E-state index in [2.05, 4.69) is 5.32 Å². The van der Waals surface area contributed by atoms with E-state index in [4.69, 9.17) is 15.2 Å². The summed E-state index contributed by atoms with van der Waals surface area (Å²) in [6, 6.07) is 5.42. The van der Waals surface area contributed by atoms with Crippen molar-refractivity contribution < 1.29 is 14.3 Å². The van der Waals surface area contributed by atoms with Crippen LogP contribution in [0.15, 0.2) is 18.2 Å². The molecule has 1 amide bonds. The molecule has 0 aliphatic heterocycles. The van der Waals surface area contributed by atoms with Crippen LogP contribution in [0.25, 0.3) is 0 Å². The predicted octanol–water partition coefficient (Wildman–Crippen LogP) is 2.82. The second-order valence-corrected chi connectivity index (χ2v) is 6.87. The number of aryl methyl sites for hydroxylation is 1.